The van der Waals surface area contributed by atoms with Gasteiger partial charge in [0.25, 0.3) is 5.91 Å². The van der Waals surface area contributed by atoms with Crippen molar-refractivity contribution in [2.45, 2.75) is 38.3 Å². The Balaban J connectivity index is 2.02. The first-order chi connectivity index (χ1) is 16.7. The average Bonchev–Trinajstić information content (AvgIpc) is 2.75. The van der Waals surface area contributed by atoms with Crippen LogP contribution in [0.25, 0.3) is 0 Å². The second-order valence-electron chi connectivity index (χ2n) is 9.75. The predicted octanol–water partition coefficient (Wildman–Crippen LogP) is 0.526. The quantitative estimate of drug-likeness (QED) is 0.288. The maximum Gasteiger partial charge on any atom is 0.255 e. The molecule has 3 aliphatic rings. The van der Waals surface area contributed by atoms with Crippen molar-refractivity contribution in [3.8, 4) is 5.75 Å². The molecule has 0 saturated heterocycles. The third kappa shape index (κ3) is 3.16. The van der Waals surface area contributed by atoms with E-state index < -0.39 is 75.4 Å². The third-order valence-electron chi connectivity index (χ3n) is 7.48. The van der Waals surface area contributed by atoms with Crippen LogP contribution in [0.3, 0.4) is 0 Å². The minimum Gasteiger partial charge on any atom is -0.510 e. The van der Waals surface area contributed by atoms with E-state index in [0.717, 1.165) is 6.92 Å². The van der Waals surface area contributed by atoms with E-state index in [1.807, 2.05) is 0 Å². The zero-order valence-corrected chi connectivity index (χ0v) is 20.1. The number of phenolic OH excluding ortho intramolecular Hbond substituents is 1. The number of nitrogens with zero attached hydrogens (tertiary/aromatic N) is 1. The van der Waals surface area contributed by atoms with Gasteiger partial charge >= 0.3 is 0 Å². The summed E-state index contributed by atoms with van der Waals surface area (Å²) >= 11 is 0. The molecule has 1 aromatic carbocycles. The number of nitrogens with two attached hydrogens (primary N) is 1. The largest absolute Gasteiger partial charge is 0.510 e. The van der Waals surface area contributed by atoms with Crippen molar-refractivity contribution in [3.05, 3.63) is 51.0 Å². The number of benzene rings is 1. The molecule has 4 rings (SSSR count). The fraction of sp³-hybridized carbons (Fsp3) is 0.400. The van der Waals surface area contributed by atoms with Crippen LogP contribution in [0.5, 0.6) is 5.75 Å². The Kier molecular flexibility index (Phi) is 5.69. The van der Waals surface area contributed by atoms with Gasteiger partial charge in [-0.05, 0) is 58.3 Å². The summed E-state index contributed by atoms with van der Waals surface area (Å²) in [6, 6.07) is 0.108. The molecule has 0 fully saturated rings. The summed E-state index contributed by atoms with van der Waals surface area (Å²) in [4.78, 5) is 64.9. The number of rotatable bonds is 4. The Morgan fingerprint density at radius 2 is 1.64 bits per heavy atom. The number of phenols is 1. The number of likely N-dealkylation sites (N-methyl/N-ethyl adjacent to an activating group) is 1. The summed E-state index contributed by atoms with van der Waals surface area (Å²) in [6.07, 6.45) is -0.131. The molecule has 36 heavy (non-hydrogen) atoms. The number of aliphatic hydroxyl groups excluding tert-OH is 2. The topological polar surface area (TPSA) is 196 Å². The van der Waals surface area contributed by atoms with Crippen LogP contribution in [0.15, 0.2) is 28.7 Å². The summed E-state index contributed by atoms with van der Waals surface area (Å²) in [6.45, 7) is 2.40. The second kappa shape index (κ2) is 8.10. The minimum atomic E-state index is -2.76. The molecule has 190 valence electrons. The number of allylic oxidation sites excluding steroid dienone is 1. The fourth-order valence-corrected chi connectivity index (χ4v) is 5.90. The van der Waals surface area contributed by atoms with Crippen molar-refractivity contribution < 1.29 is 44.4 Å². The van der Waals surface area contributed by atoms with Gasteiger partial charge in [0.15, 0.2) is 23.0 Å². The first-order valence-electron chi connectivity index (χ1n) is 11.2. The van der Waals surface area contributed by atoms with Gasteiger partial charge < -0.3 is 26.2 Å². The third-order valence-corrected chi connectivity index (χ3v) is 7.48. The van der Waals surface area contributed by atoms with Crippen LogP contribution in [-0.4, -0.2) is 80.1 Å². The lowest BCUT2D eigenvalue weighted by molar-refractivity contribution is -0.148. The van der Waals surface area contributed by atoms with Gasteiger partial charge in [-0.25, -0.2) is 0 Å². The molecule has 1 amide bonds. The molecule has 11 heteroatoms. The molecule has 0 radical (unpaired) electrons. The summed E-state index contributed by atoms with van der Waals surface area (Å²) in [5, 5.41) is 44.4. The van der Waals surface area contributed by atoms with Crippen molar-refractivity contribution in [3.63, 3.8) is 0 Å². The number of hydrogen-bond donors (Lipinski definition) is 5. The van der Waals surface area contributed by atoms with Gasteiger partial charge in [-0.2, -0.15) is 0 Å². The molecular formula is C25H26N2O9. The minimum absolute atomic E-state index is 0.0325. The highest BCUT2D eigenvalue weighted by Gasteiger charge is 2.63. The van der Waals surface area contributed by atoms with E-state index in [4.69, 9.17) is 5.73 Å². The lowest BCUT2D eigenvalue weighted by Gasteiger charge is -2.50. The van der Waals surface area contributed by atoms with Crippen LogP contribution >= 0.6 is 0 Å². The predicted molar refractivity (Wildman–Crippen MR) is 124 cm³/mol. The fourth-order valence-electron chi connectivity index (χ4n) is 5.90. The van der Waals surface area contributed by atoms with Crippen molar-refractivity contribution in [1.82, 2.24) is 4.90 Å². The first-order valence-corrected chi connectivity index (χ1v) is 11.2. The van der Waals surface area contributed by atoms with E-state index in [1.165, 1.54) is 32.0 Å². The maximum absolute atomic E-state index is 13.7. The van der Waals surface area contributed by atoms with E-state index in [-0.39, 0.29) is 40.7 Å². The molecular weight excluding hydrogens is 472 g/mol. The molecule has 0 aromatic heterocycles. The Morgan fingerprint density at radius 3 is 2.14 bits per heavy atom. The van der Waals surface area contributed by atoms with Gasteiger partial charge in [0.05, 0.1) is 17.2 Å². The zero-order chi connectivity index (χ0) is 27.0. The summed E-state index contributed by atoms with van der Waals surface area (Å²) in [5.74, 6) is -8.99. The summed E-state index contributed by atoms with van der Waals surface area (Å²) in [5.41, 5.74) is 0.893. The molecule has 1 aromatic rings. The number of primary amides is 1. The molecule has 0 spiro atoms. The number of aliphatic hydroxyl groups is 3. The van der Waals surface area contributed by atoms with Gasteiger partial charge in [-0.3, -0.25) is 28.9 Å². The van der Waals surface area contributed by atoms with E-state index in [2.05, 4.69) is 0 Å². The number of amides is 1. The van der Waals surface area contributed by atoms with Crippen molar-refractivity contribution in [2.75, 3.05) is 14.1 Å². The van der Waals surface area contributed by atoms with Crippen LogP contribution in [0.1, 0.15) is 56.9 Å². The van der Waals surface area contributed by atoms with Crippen molar-refractivity contribution in [1.29, 1.82) is 0 Å². The van der Waals surface area contributed by atoms with Crippen molar-refractivity contribution >= 4 is 29.0 Å². The van der Waals surface area contributed by atoms with E-state index >= 15 is 0 Å². The van der Waals surface area contributed by atoms with Gasteiger partial charge in [0.2, 0.25) is 5.78 Å². The summed E-state index contributed by atoms with van der Waals surface area (Å²) < 4.78 is 0. The van der Waals surface area contributed by atoms with E-state index in [1.54, 1.807) is 0 Å². The van der Waals surface area contributed by atoms with Crippen LogP contribution in [-0.2, 0) is 16.0 Å². The van der Waals surface area contributed by atoms with E-state index in [0.29, 0.717) is 0 Å². The molecule has 11 nitrogen and oxygen atoms in total. The molecule has 3 aliphatic carbocycles. The van der Waals surface area contributed by atoms with Crippen molar-refractivity contribution in [2.24, 2.45) is 17.6 Å². The van der Waals surface area contributed by atoms with Gasteiger partial charge in [-0.1, -0.05) is 0 Å². The number of ketones is 4. The molecule has 0 bridgehead atoms. The Bertz CT molecular complexity index is 1350. The SMILES string of the molecule is CC(=O)c1cc(C(C)=O)c2c(c1O)C(=O)C1=C(O)[C@]3(O)C(=O)C(C(N)=O)=C(O)[C@@H](N(C)C)[C@@H]3C[C@@H]1C2. The zero-order valence-electron chi connectivity index (χ0n) is 20.1. The number of carbonyl (C=O) groups is 5. The smallest absolute Gasteiger partial charge is 0.255 e. The van der Waals surface area contributed by atoms with Gasteiger partial charge in [0, 0.05) is 17.1 Å². The second-order valence-corrected chi connectivity index (χ2v) is 9.75. The number of fused-ring (bicyclic) bond motifs is 3. The first kappa shape index (κ1) is 25.3. The number of Topliss-reactive ketones (excluding diaryl/α,β-unsaturated/α-hetero) is 4. The lowest BCUT2D eigenvalue weighted by Crippen LogP contribution is -2.63. The van der Waals surface area contributed by atoms with Crippen LogP contribution in [0.4, 0.5) is 0 Å². The average molecular weight is 498 g/mol. The highest BCUT2D eigenvalue weighted by Crippen LogP contribution is 2.52. The number of aromatic hydroxyl groups is 1. The highest BCUT2D eigenvalue weighted by atomic mass is 16.3. The van der Waals surface area contributed by atoms with Crippen LogP contribution < -0.4 is 5.73 Å². The van der Waals surface area contributed by atoms with Crippen LogP contribution in [0, 0.1) is 11.8 Å². The molecule has 0 heterocycles. The molecule has 0 unspecified atom stereocenters. The monoisotopic (exact) mass is 498 g/mol. The normalized spacial score (nSPS) is 27.6. The molecule has 4 atom stereocenters. The Hall–Kier alpha value is -3.83. The molecule has 0 saturated carbocycles. The standard InChI is InChI=1S/C25H26N2O9/c1-8(28)11-7-12(9(2)29)19(30)16-13(11)5-10-6-14-18(27(3)4)21(32)17(24(26)35)23(34)25(14,36)22(33)15(10)20(16)31/h7,10,14,18,30,32-33,36H,5-6H2,1-4H3,(H2,26,35)/t10-,14-,18-,25-/m0/s1. The molecule has 6 N–H and O–H groups in total. The maximum atomic E-state index is 13.7. The summed E-state index contributed by atoms with van der Waals surface area (Å²) in [7, 11) is 3.06. The number of hydrogen-bond acceptors (Lipinski definition) is 10. The Labute approximate surface area is 205 Å². The van der Waals surface area contributed by atoms with Gasteiger partial charge in [-0.15, -0.1) is 0 Å². The van der Waals surface area contributed by atoms with E-state index in [9.17, 15) is 44.4 Å². The lowest BCUT2D eigenvalue weighted by atomic mass is 9.58. The van der Waals surface area contributed by atoms with Gasteiger partial charge in [0.1, 0.15) is 22.8 Å². The van der Waals surface area contributed by atoms with Crippen LogP contribution in [0.2, 0.25) is 0 Å². The Morgan fingerprint density at radius 1 is 1.06 bits per heavy atom. The molecule has 0 aliphatic heterocycles. The highest BCUT2D eigenvalue weighted by molar-refractivity contribution is 6.25. The number of carbonyl (C=O) groups excluding carboxylic acids is 5.